The van der Waals surface area contributed by atoms with E-state index in [0.29, 0.717) is 5.15 Å². The van der Waals surface area contributed by atoms with Crippen LogP contribution < -0.4 is 9.64 Å². The van der Waals surface area contributed by atoms with Crippen molar-refractivity contribution in [3.05, 3.63) is 47.4 Å². The molecule has 0 amide bonds. The predicted molar refractivity (Wildman–Crippen MR) is 119 cm³/mol. The Morgan fingerprint density at radius 2 is 1.90 bits per heavy atom. The average molecular weight is 431 g/mol. The predicted octanol–water partition coefficient (Wildman–Crippen LogP) is 3.74. The zero-order chi connectivity index (χ0) is 21.0. The molecule has 1 saturated carbocycles. The van der Waals surface area contributed by atoms with Crippen LogP contribution in [0.25, 0.3) is 0 Å². The van der Waals surface area contributed by atoms with Crippen LogP contribution in [0.15, 0.2) is 36.7 Å². The van der Waals surface area contributed by atoms with Gasteiger partial charge in [0.1, 0.15) is 16.7 Å². The molecule has 0 radical (unpaired) electrons. The Kier molecular flexibility index (Phi) is 6.76. The summed E-state index contributed by atoms with van der Waals surface area (Å²) in [6.45, 7) is 4.44. The van der Waals surface area contributed by atoms with Gasteiger partial charge in [-0.05, 0) is 30.5 Å². The lowest BCUT2D eigenvalue weighted by molar-refractivity contribution is -0.0313. The Hall–Kier alpha value is -1.89. The summed E-state index contributed by atoms with van der Waals surface area (Å²) in [6.07, 6.45) is 8.47. The maximum absolute atomic E-state index is 11.6. The first kappa shape index (κ1) is 21.3. The van der Waals surface area contributed by atoms with Crippen molar-refractivity contribution in [2.24, 2.45) is 0 Å². The first-order valence-electron chi connectivity index (χ1n) is 10.9. The van der Waals surface area contributed by atoms with E-state index in [-0.39, 0.29) is 5.92 Å². The number of halogens is 1. The van der Waals surface area contributed by atoms with Crippen molar-refractivity contribution >= 4 is 17.4 Å². The third-order valence-corrected chi connectivity index (χ3v) is 6.78. The highest BCUT2D eigenvalue weighted by molar-refractivity contribution is 6.29. The summed E-state index contributed by atoms with van der Waals surface area (Å²) in [5.74, 6) is 1.75. The molecule has 7 heteroatoms. The summed E-state index contributed by atoms with van der Waals surface area (Å²) < 4.78 is 5.46. The first-order valence-corrected chi connectivity index (χ1v) is 11.3. The number of hydrogen-bond donors (Lipinski definition) is 1. The topological polar surface area (TPSA) is 61.7 Å². The summed E-state index contributed by atoms with van der Waals surface area (Å²) in [6, 6.07) is 8.23. The summed E-state index contributed by atoms with van der Waals surface area (Å²) in [7, 11) is 1.70. The maximum atomic E-state index is 11.6. The normalized spacial score (nSPS) is 20.7. The van der Waals surface area contributed by atoms with Crippen molar-refractivity contribution in [3.63, 3.8) is 0 Å². The van der Waals surface area contributed by atoms with Crippen LogP contribution >= 0.6 is 11.6 Å². The molecule has 30 heavy (non-hydrogen) atoms. The quantitative estimate of drug-likeness (QED) is 0.753. The second-order valence-electron chi connectivity index (χ2n) is 8.48. The molecule has 1 aliphatic carbocycles. The number of benzene rings is 1. The van der Waals surface area contributed by atoms with Gasteiger partial charge < -0.3 is 14.7 Å². The van der Waals surface area contributed by atoms with Gasteiger partial charge in [0.15, 0.2) is 0 Å². The van der Waals surface area contributed by atoms with Gasteiger partial charge in [-0.15, -0.1) is 0 Å². The molecule has 2 heterocycles. The van der Waals surface area contributed by atoms with E-state index in [1.54, 1.807) is 19.5 Å². The number of methoxy groups -OCH3 is 1. The molecule has 1 aromatic carbocycles. The molecule has 6 nitrogen and oxygen atoms in total. The lowest BCUT2D eigenvalue weighted by Crippen LogP contribution is -2.51. The number of hydrogen-bond acceptors (Lipinski definition) is 6. The van der Waals surface area contributed by atoms with Crippen LogP contribution in [0.3, 0.4) is 0 Å². The molecular weight excluding hydrogens is 400 g/mol. The van der Waals surface area contributed by atoms with Crippen LogP contribution in [-0.4, -0.2) is 65.4 Å². The zero-order valence-corrected chi connectivity index (χ0v) is 18.4. The number of nitrogens with zero attached hydrogens (tertiary/aromatic N) is 4. The first-order chi connectivity index (χ1) is 14.6. The average Bonchev–Trinajstić information content (AvgIpc) is 2.78. The third kappa shape index (κ3) is 4.88. The molecule has 1 N–H and O–H groups in total. The maximum Gasteiger partial charge on any atom is 0.149 e. The smallest absolute Gasteiger partial charge is 0.149 e. The van der Waals surface area contributed by atoms with Crippen molar-refractivity contribution in [3.8, 4) is 5.75 Å². The van der Waals surface area contributed by atoms with E-state index < -0.39 is 5.60 Å². The van der Waals surface area contributed by atoms with Crippen molar-refractivity contribution in [1.82, 2.24) is 14.9 Å². The Morgan fingerprint density at radius 1 is 1.13 bits per heavy atom. The van der Waals surface area contributed by atoms with Gasteiger partial charge in [0.2, 0.25) is 0 Å². The minimum atomic E-state index is -0.653. The fourth-order valence-electron chi connectivity index (χ4n) is 4.86. The number of rotatable bonds is 6. The van der Waals surface area contributed by atoms with Crippen LogP contribution in [0.5, 0.6) is 5.75 Å². The molecule has 1 aromatic heterocycles. The second kappa shape index (κ2) is 9.50. The van der Waals surface area contributed by atoms with E-state index in [2.05, 4.69) is 31.9 Å². The van der Waals surface area contributed by atoms with Crippen molar-refractivity contribution in [2.75, 3.05) is 44.7 Å². The van der Waals surface area contributed by atoms with Crippen LogP contribution in [0.4, 0.5) is 5.82 Å². The number of ether oxygens (including phenoxy) is 1. The molecule has 2 aromatic rings. The number of anilines is 1. The molecule has 2 aliphatic rings. The summed E-state index contributed by atoms with van der Waals surface area (Å²) >= 11 is 6.01. The molecule has 4 rings (SSSR count). The molecular formula is C23H31ClN4O2. The largest absolute Gasteiger partial charge is 0.497 e. The van der Waals surface area contributed by atoms with Gasteiger partial charge in [-0.25, -0.2) is 4.98 Å². The Balaban J connectivity index is 1.48. The van der Waals surface area contributed by atoms with Gasteiger partial charge in [0.25, 0.3) is 0 Å². The minimum Gasteiger partial charge on any atom is -0.497 e. The van der Waals surface area contributed by atoms with Crippen LogP contribution in [0.2, 0.25) is 5.15 Å². The van der Waals surface area contributed by atoms with Gasteiger partial charge in [0, 0.05) is 38.6 Å². The molecule has 0 spiro atoms. The third-order valence-electron chi connectivity index (χ3n) is 6.59. The van der Waals surface area contributed by atoms with Gasteiger partial charge >= 0.3 is 0 Å². The molecule has 1 saturated heterocycles. The molecule has 2 fully saturated rings. The second-order valence-corrected chi connectivity index (χ2v) is 8.87. The zero-order valence-electron chi connectivity index (χ0n) is 17.6. The van der Waals surface area contributed by atoms with E-state index in [9.17, 15) is 5.11 Å². The van der Waals surface area contributed by atoms with E-state index >= 15 is 0 Å². The summed E-state index contributed by atoms with van der Waals surface area (Å²) in [5, 5.41) is 12.1. The summed E-state index contributed by atoms with van der Waals surface area (Å²) in [4.78, 5) is 13.2. The monoisotopic (exact) mass is 430 g/mol. The van der Waals surface area contributed by atoms with E-state index in [1.165, 1.54) is 12.0 Å². The highest BCUT2D eigenvalue weighted by Gasteiger charge is 2.40. The number of aromatic nitrogens is 2. The fraction of sp³-hybridized carbons (Fsp3) is 0.565. The lowest BCUT2D eigenvalue weighted by Gasteiger charge is -2.43. The minimum absolute atomic E-state index is 0.0745. The van der Waals surface area contributed by atoms with Crippen molar-refractivity contribution in [2.45, 2.75) is 43.6 Å². The van der Waals surface area contributed by atoms with Gasteiger partial charge in [-0.3, -0.25) is 9.88 Å². The van der Waals surface area contributed by atoms with Gasteiger partial charge in [-0.1, -0.05) is 43.0 Å². The Bertz CT molecular complexity index is 835. The Morgan fingerprint density at radius 3 is 2.60 bits per heavy atom. The SMILES string of the molecule is COc1cccc(C(CN2CCN(c3cncc(Cl)n3)CC2)C2(O)CCCCC2)c1. The van der Waals surface area contributed by atoms with Crippen molar-refractivity contribution in [1.29, 1.82) is 0 Å². The molecule has 1 atom stereocenters. The van der Waals surface area contributed by atoms with Gasteiger partial charge in [-0.2, -0.15) is 0 Å². The van der Waals surface area contributed by atoms with Crippen molar-refractivity contribution < 1.29 is 9.84 Å². The summed E-state index contributed by atoms with van der Waals surface area (Å²) in [5.41, 5.74) is 0.516. The fourth-order valence-corrected chi connectivity index (χ4v) is 5.00. The van der Waals surface area contributed by atoms with E-state index in [4.69, 9.17) is 16.3 Å². The molecule has 0 bridgehead atoms. The van der Waals surface area contributed by atoms with E-state index in [0.717, 1.165) is 70.0 Å². The van der Waals surface area contributed by atoms with Crippen LogP contribution in [0, 0.1) is 0 Å². The molecule has 162 valence electrons. The highest BCUT2D eigenvalue weighted by Crippen LogP contribution is 2.41. The number of piperazine rings is 1. The number of aliphatic hydroxyl groups is 1. The lowest BCUT2D eigenvalue weighted by atomic mass is 9.72. The van der Waals surface area contributed by atoms with E-state index in [1.807, 2.05) is 12.1 Å². The van der Waals surface area contributed by atoms with Crippen LogP contribution in [-0.2, 0) is 0 Å². The molecule has 1 aliphatic heterocycles. The Labute approximate surface area is 183 Å². The van der Waals surface area contributed by atoms with Gasteiger partial charge in [0.05, 0.1) is 25.1 Å². The highest BCUT2D eigenvalue weighted by atomic mass is 35.5. The standard InChI is InChI=1S/C23H31ClN4O2/c1-30-19-7-5-6-18(14-19)20(23(29)8-3-2-4-9-23)17-27-10-12-28(13-11-27)22-16-25-15-21(24)26-22/h5-7,14-16,20,29H,2-4,8-13,17H2,1H3. The van der Waals surface area contributed by atoms with Crippen LogP contribution in [0.1, 0.15) is 43.6 Å². The molecule has 1 unspecified atom stereocenters.